The van der Waals surface area contributed by atoms with Gasteiger partial charge in [0.1, 0.15) is 0 Å². The zero-order valence-electron chi connectivity index (χ0n) is 18.1. The van der Waals surface area contributed by atoms with E-state index in [0.29, 0.717) is 6.10 Å². The van der Waals surface area contributed by atoms with Crippen molar-refractivity contribution in [1.29, 1.82) is 0 Å². The van der Waals surface area contributed by atoms with E-state index >= 15 is 0 Å². The van der Waals surface area contributed by atoms with Crippen LogP contribution in [0.3, 0.4) is 0 Å². The van der Waals surface area contributed by atoms with Gasteiger partial charge in [0.2, 0.25) is 0 Å². The molecule has 0 aromatic carbocycles. The Balaban J connectivity index is 0. The Morgan fingerprint density at radius 2 is 1.62 bits per heavy atom. The van der Waals surface area contributed by atoms with E-state index in [1.807, 2.05) is 52.4 Å². The van der Waals surface area contributed by atoms with Crippen LogP contribution in [0.1, 0.15) is 106 Å². The van der Waals surface area contributed by atoms with Crippen LogP contribution in [0.5, 0.6) is 0 Å². The fraction of sp³-hybridized carbons (Fsp3) is 0.857. The molecular formula is C21H44N2O. The number of nitrogens with zero attached hydrogens (tertiary/aromatic N) is 2. The second kappa shape index (κ2) is 14.5. The van der Waals surface area contributed by atoms with Crippen LogP contribution in [0.15, 0.2) is 12.4 Å². The molecule has 1 aromatic rings. The van der Waals surface area contributed by atoms with Crippen molar-refractivity contribution in [1.82, 2.24) is 9.78 Å². The summed E-state index contributed by atoms with van der Waals surface area (Å²) in [6.45, 7) is 21.5. The molecule has 3 rings (SSSR count). The van der Waals surface area contributed by atoms with Gasteiger partial charge in [0.25, 0.3) is 0 Å². The normalized spacial score (nSPS) is 20.0. The van der Waals surface area contributed by atoms with E-state index in [1.165, 1.54) is 31.2 Å². The van der Waals surface area contributed by atoms with Crippen molar-refractivity contribution >= 4 is 0 Å². The van der Waals surface area contributed by atoms with Crippen molar-refractivity contribution in [2.45, 2.75) is 119 Å². The van der Waals surface area contributed by atoms with Gasteiger partial charge in [-0.25, -0.2) is 0 Å². The van der Waals surface area contributed by atoms with Crippen LogP contribution in [0, 0.1) is 0 Å². The maximum Gasteiger partial charge on any atom is 0.0631 e. The van der Waals surface area contributed by atoms with Crippen molar-refractivity contribution in [3.8, 4) is 0 Å². The molecule has 0 spiro atoms. The first-order chi connectivity index (χ1) is 11.5. The topological polar surface area (TPSA) is 27.1 Å². The SMILES string of the molecule is CC.CC.CC.CC1CCC(C)(C)O1.CCn1cc(C2CC2)cn1. The Morgan fingerprint density at radius 3 is 1.88 bits per heavy atom. The molecule has 0 bridgehead atoms. The third kappa shape index (κ3) is 10.9. The second-order valence-electron chi connectivity index (χ2n) is 6.13. The number of hydrogen-bond donors (Lipinski definition) is 0. The molecule has 144 valence electrons. The molecule has 0 N–H and O–H groups in total. The molecule has 2 heterocycles. The summed E-state index contributed by atoms with van der Waals surface area (Å²) < 4.78 is 7.54. The van der Waals surface area contributed by atoms with Gasteiger partial charge >= 0.3 is 0 Å². The zero-order valence-corrected chi connectivity index (χ0v) is 18.1. The lowest BCUT2D eigenvalue weighted by molar-refractivity contribution is -0.00669. The lowest BCUT2D eigenvalue weighted by Gasteiger charge is -2.16. The van der Waals surface area contributed by atoms with Gasteiger partial charge < -0.3 is 4.74 Å². The number of hydrogen-bond acceptors (Lipinski definition) is 2. The van der Waals surface area contributed by atoms with Crippen molar-refractivity contribution in [2.24, 2.45) is 0 Å². The minimum Gasteiger partial charge on any atom is -0.373 e. The molecule has 0 amide bonds. The highest BCUT2D eigenvalue weighted by Gasteiger charge is 2.28. The first-order valence-electron chi connectivity index (χ1n) is 10.2. The third-order valence-electron chi connectivity index (χ3n) is 3.70. The number of aromatic nitrogens is 2. The summed E-state index contributed by atoms with van der Waals surface area (Å²) in [5, 5.41) is 4.21. The summed E-state index contributed by atoms with van der Waals surface area (Å²) in [5.74, 6) is 0.847. The molecule has 0 radical (unpaired) electrons. The van der Waals surface area contributed by atoms with E-state index in [1.54, 1.807) is 0 Å². The van der Waals surface area contributed by atoms with Crippen LogP contribution in [0.25, 0.3) is 0 Å². The fourth-order valence-corrected chi connectivity index (χ4v) is 2.39. The van der Waals surface area contributed by atoms with Crippen LogP contribution < -0.4 is 0 Å². The summed E-state index contributed by atoms with van der Waals surface area (Å²) in [6.07, 6.45) is 9.84. The van der Waals surface area contributed by atoms with E-state index in [4.69, 9.17) is 4.74 Å². The molecule has 3 heteroatoms. The number of rotatable bonds is 2. The van der Waals surface area contributed by atoms with Crippen molar-refractivity contribution < 1.29 is 4.74 Å². The van der Waals surface area contributed by atoms with Crippen LogP contribution in [-0.2, 0) is 11.3 Å². The van der Waals surface area contributed by atoms with Crippen LogP contribution in [-0.4, -0.2) is 21.5 Å². The van der Waals surface area contributed by atoms with E-state index in [2.05, 4.69) is 39.0 Å². The monoisotopic (exact) mass is 340 g/mol. The highest BCUT2D eigenvalue weighted by Crippen LogP contribution is 2.39. The Kier molecular flexibility index (Phi) is 15.4. The third-order valence-corrected chi connectivity index (χ3v) is 3.70. The molecule has 1 aromatic heterocycles. The molecule has 24 heavy (non-hydrogen) atoms. The van der Waals surface area contributed by atoms with Gasteiger partial charge in [-0.2, -0.15) is 5.10 Å². The van der Waals surface area contributed by atoms with Gasteiger partial charge in [-0.3, -0.25) is 4.68 Å². The zero-order chi connectivity index (χ0) is 19.2. The van der Waals surface area contributed by atoms with Gasteiger partial charge in [-0.15, -0.1) is 0 Å². The molecular weight excluding hydrogens is 296 g/mol. The first kappa shape index (κ1) is 25.4. The molecule has 1 aliphatic carbocycles. The molecule has 2 aliphatic rings. The van der Waals surface area contributed by atoms with Crippen molar-refractivity contribution in [2.75, 3.05) is 0 Å². The average Bonchev–Trinajstić information content (AvgIpc) is 3.27. The highest BCUT2D eigenvalue weighted by molar-refractivity contribution is 5.16. The molecule has 1 saturated heterocycles. The van der Waals surface area contributed by atoms with E-state index in [0.717, 1.165) is 12.5 Å². The molecule has 1 aliphatic heterocycles. The van der Waals surface area contributed by atoms with Crippen LogP contribution in [0.4, 0.5) is 0 Å². The maximum atomic E-state index is 5.55. The highest BCUT2D eigenvalue weighted by atomic mass is 16.5. The molecule has 1 atom stereocenters. The van der Waals surface area contributed by atoms with Crippen molar-refractivity contribution in [3.05, 3.63) is 18.0 Å². The van der Waals surface area contributed by atoms with Crippen LogP contribution >= 0.6 is 0 Å². The largest absolute Gasteiger partial charge is 0.373 e. The van der Waals surface area contributed by atoms with Crippen molar-refractivity contribution in [3.63, 3.8) is 0 Å². The van der Waals surface area contributed by atoms with Gasteiger partial charge in [0.15, 0.2) is 0 Å². The Hall–Kier alpha value is -0.830. The Bertz CT molecular complexity index is 381. The summed E-state index contributed by atoms with van der Waals surface area (Å²) in [7, 11) is 0. The summed E-state index contributed by atoms with van der Waals surface area (Å²) in [6, 6.07) is 0. The summed E-state index contributed by atoms with van der Waals surface area (Å²) in [5.41, 5.74) is 1.60. The smallest absolute Gasteiger partial charge is 0.0631 e. The van der Waals surface area contributed by atoms with Crippen LogP contribution in [0.2, 0.25) is 0 Å². The quantitative estimate of drug-likeness (QED) is 0.590. The Labute approximate surface area is 152 Å². The fourth-order valence-electron chi connectivity index (χ4n) is 2.39. The predicted octanol–water partition coefficient (Wildman–Crippen LogP) is 6.82. The van der Waals surface area contributed by atoms with Gasteiger partial charge in [0, 0.05) is 12.7 Å². The average molecular weight is 341 g/mol. The lowest BCUT2D eigenvalue weighted by Crippen LogP contribution is -2.18. The molecule has 1 saturated carbocycles. The number of aryl methyl sites for hydroxylation is 1. The minimum atomic E-state index is 0.166. The standard InChI is InChI=1S/C8H12N2.C7H14O.3C2H6/c1-2-10-6-8(5-9-10)7-3-4-7;1-6-4-5-7(2,3)8-6;3*1-2/h5-7H,2-4H2,1H3;6H,4-5H2,1-3H3;3*1-2H3. The van der Waals surface area contributed by atoms with Gasteiger partial charge in [-0.1, -0.05) is 41.5 Å². The van der Waals surface area contributed by atoms with E-state index < -0.39 is 0 Å². The minimum absolute atomic E-state index is 0.166. The lowest BCUT2D eigenvalue weighted by atomic mass is 10.1. The predicted molar refractivity (Wildman–Crippen MR) is 108 cm³/mol. The summed E-state index contributed by atoms with van der Waals surface area (Å²) >= 11 is 0. The molecule has 1 unspecified atom stereocenters. The molecule has 2 fully saturated rings. The van der Waals surface area contributed by atoms with E-state index in [9.17, 15) is 0 Å². The second-order valence-corrected chi connectivity index (χ2v) is 6.13. The maximum absolute atomic E-state index is 5.55. The van der Waals surface area contributed by atoms with E-state index in [-0.39, 0.29) is 5.60 Å². The van der Waals surface area contributed by atoms with Gasteiger partial charge in [0.05, 0.1) is 17.9 Å². The molecule has 3 nitrogen and oxygen atoms in total. The van der Waals surface area contributed by atoms with Gasteiger partial charge in [-0.05, 0) is 64.9 Å². The first-order valence-corrected chi connectivity index (χ1v) is 10.2. The number of ether oxygens (including phenoxy) is 1. The summed E-state index contributed by atoms with van der Waals surface area (Å²) in [4.78, 5) is 0. The Morgan fingerprint density at radius 1 is 1.08 bits per heavy atom.